The number of nitrogens with one attached hydrogen (secondary N) is 3. The zero-order valence-corrected chi connectivity index (χ0v) is 20.8. The molecule has 3 N–H and O–H groups in total. The van der Waals surface area contributed by atoms with E-state index >= 15 is 0 Å². The topological polar surface area (TPSA) is 102 Å². The number of methoxy groups -OCH3 is 1. The highest BCUT2D eigenvalue weighted by atomic mass is 32.1. The molecule has 10 heteroatoms. The van der Waals surface area contributed by atoms with Crippen LogP contribution in [-0.2, 0) is 11.2 Å². The summed E-state index contributed by atoms with van der Waals surface area (Å²) in [5, 5.41) is 8.55. The number of thiocarbonyl (C=S) groups is 1. The number of carbonyl (C=O) groups is 2. The summed E-state index contributed by atoms with van der Waals surface area (Å²) < 4.78 is 26.1. The van der Waals surface area contributed by atoms with Crippen LogP contribution in [0, 0.1) is 5.82 Å². The summed E-state index contributed by atoms with van der Waals surface area (Å²) in [7, 11) is 3.00. The molecule has 2 amide bonds. The standard InChI is InChI=1S/C27H23FN4O4S/c1-29-26(34)19-14-18-21(30-11-10-22(18)35-2)15-24(19)36-23-9-8-17(13-20(23)28)31-27(37)32-25(33)12-16-6-4-3-5-7-16/h3-11,13-15H,12H2,1-2H3,(H,29,34)(H2,31,32,33,37). The number of nitrogens with zero attached hydrogens (tertiary/aromatic N) is 1. The minimum Gasteiger partial charge on any atom is -0.496 e. The van der Waals surface area contributed by atoms with Crippen LogP contribution in [0.25, 0.3) is 10.9 Å². The smallest absolute Gasteiger partial charge is 0.254 e. The number of hydrogen-bond donors (Lipinski definition) is 3. The molecule has 4 aromatic rings. The summed E-state index contributed by atoms with van der Waals surface area (Å²) in [4.78, 5) is 29.0. The van der Waals surface area contributed by atoms with E-state index in [9.17, 15) is 14.0 Å². The van der Waals surface area contributed by atoms with E-state index in [1.165, 1.54) is 32.4 Å². The van der Waals surface area contributed by atoms with Gasteiger partial charge in [-0.25, -0.2) is 4.39 Å². The first-order chi connectivity index (χ1) is 17.9. The van der Waals surface area contributed by atoms with E-state index in [1.807, 2.05) is 30.3 Å². The number of hydrogen-bond acceptors (Lipinski definition) is 6. The van der Waals surface area contributed by atoms with Crippen LogP contribution in [0.3, 0.4) is 0 Å². The second kappa shape index (κ2) is 11.4. The molecule has 0 aliphatic heterocycles. The van der Waals surface area contributed by atoms with Crippen LogP contribution in [-0.4, -0.2) is 36.1 Å². The van der Waals surface area contributed by atoms with Crippen molar-refractivity contribution in [1.29, 1.82) is 0 Å². The summed E-state index contributed by atoms with van der Waals surface area (Å²) in [6, 6.07) is 18.1. The van der Waals surface area contributed by atoms with E-state index in [0.717, 1.165) is 5.56 Å². The Labute approximate surface area is 217 Å². The molecule has 0 aliphatic carbocycles. The van der Waals surface area contributed by atoms with Crippen molar-refractivity contribution < 1.29 is 23.5 Å². The van der Waals surface area contributed by atoms with Gasteiger partial charge in [0.05, 0.1) is 24.6 Å². The van der Waals surface area contributed by atoms with Crippen LogP contribution in [0.2, 0.25) is 0 Å². The van der Waals surface area contributed by atoms with Gasteiger partial charge in [-0.15, -0.1) is 0 Å². The lowest BCUT2D eigenvalue weighted by molar-refractivity contribution is -0.119. The molecule has 188 valence electrons. The average Bonchev–Trinajstić information content (AvgIpc) is 2.89. The van der Waals surface area contributed by atoms with Gasteiger partial charge in [-0.3, -0.25) is 14.6 Å². The molecule has 0 saturated carbocycles. The molecule has 0 atom stereocenters. The second-order valence-corrected chi connectivity index (χ2v) is 8.28. The molecule has 0 radical (unpaired) electrons. The lowest BCUT2D eigenvalue weighted by Crippen LogP contribution is -2.35. The van der Waals surface area contributed by atoms with Crippen molar-refractivity contribution in [2.24, 2.45) is 0 Å². The van der Waals surface area contributed by atoms with Crippen LogP contribution in [0.1, 0.15) is 15.9 Å². The monoisotopic (exact) mass is 518 g/mol. The fourth-order valence-electron chi connectivity index (χ4n) is 3.62. The van der Waals surface area contributed by atoms with Crippen molar-refractivity contribution in [2.75, 3.05) is 19.5 Å². The molecule has 0 spiro atoms. The number of ether oxygens (including phenoxy) is 2. The maximum absolute atomic E-state index is 15.0. The largest absolute Gasteiger partial charge is 0.496 e. The quantitative estimate of drug-likeness (QED) is 0.308. The number of pyridine rings is 1. The molecular formula is C27H23FN4O4S. The highest BCUT2D eigenvalue weighted by molar-refractivity contribution is 7.80. The van der Waals surface area contributed by atoms with Gasteiger partial charge in [0.1, 0.15) is 11.5 Å². The highest BCUT2D eigenvalue weighted by Crippen LogP contribution is 2.34. The zero-order chi connectivity index (χ0) is 26.4. The normalized spacial score (nSPS) is 10.5. The summed E-state index contributed by atoms with van der Waals surface area (Å²) >= 11 is 5.18. The molecule has 8 nitrogen and oxygen atoms in total. The number of amides is 2. The third-order valence-electron chi connectivity index (χ3n) is 5.36. The highest BCUT2D eigenvalue weighted by Gasteiger charge is 2.18. The van der Waals surface area contributed by atoms with Gasteiger partial charge < -0.3 is 25.4 Å². The van der Waals surface area contributed by atoms with Crippen molar-refractivity contribution in [2.45, 2.75) is 6.42 Å². The first-order valence-corrected chi connectivity index (χ1v) is 11.6. The first kappa shape index (κ1) is 25.5. The van der Waals surface area contributed by atoms with Gasteiger partial charge in [0.15, 0.2) is 16.7 Å². The van der Waals surface area contributed by atoms with Crippen LogP contribution in [0.5, 0.6) is 17.2 Å². The number of anilines is 1. The van der Waals surface area contributed by atoms with Gasteiger partial charge in [0, 0.05) is 36.5 Å². The Morgan fingerprint density at radius 2 is 1.78 bits per heavy atom. The van der Waals surface area contributed by atoms with Crippen LogP contribution < -0.4 is 25.4 Å². The molecule has 4 rings (SSSR count). The van der Waals surface area contributed by atoms with Crippen molar-refractivity contribution in [3.05, 3.63) is 89.9 Å². The maximum Gasteiger partial charge on any atom is 0.254 e. The van der Waals surface area contributed by atoms with Crippen molar-refractivity contribution in [3.63, 3.8) is 0 Å². The minimum atomic E-state index is -0.704. The Morgan fingerprint density at radius 1 is 1.00 bits per heavy atom. The molecular weight excluding hydrogens is 495 g/mol. The summed E-state index contributed by atoms with van der Waals surface area (Å²) in [6.07, 6.45) is 1.72. The van der Waals surface area contributed by atoms with E-state index in [0.29, 0.717) is 22.3 Å². The number of benzene rings is 3. The molecule has 0 saturated heterocycles. The lowest BCUT2D eigenvalue weighted by atomic mass is 10.1. The lowest BCUT2D eigenvalue weighted by Gasteiger charge is -2.14. The van der Waals surface area contributed by atoms with E-state index in [-0.39, 0.29) is 34.5 Å². The van der Waals surface area contributed by atoms with Gasteiger partial charge >= 0.3 is 0 Å². The Hall–Kier alpha value is -4.57. The number of halogens is 1. The molecule has 37 heavy (non-hydrogen) atoms. The third-order valence-corrected chi connectivity index (χ3v) is 5.57. The van der Waals surface area contributed by atoms with E-state index < -0.39 is 11.7 Å². The SMILES string of the molecule is CNC(=O)c1cc2c(OC)ccnc2cc1Oc1ccc(NC(=S)NC(=O)Cc2ccccc2)cc1F. The summed E-state index contributed by atoms with van der Waals surface area (Å²) in [6.45, 7) is 0. The number of rotatable bonds is 7. The Kier molecular flexibility index (Phi) is 7.89. The number of fused-ring (bicyclic) bond motifs is 1. The van der Waals surface area contributed by atoms with Crippen LogP contribution >= 0.6 is 12.2 Å². The maximum atomic E-state index is 15.0. The van der Waals surface area contributed by atoms with Crippen molar-refractivity contribution >= 4 is 45.7 Å². The van der Waals surface area contributed by atoms with Crippen molar-refractivity contribution in [1.82, 2.24) is 15.6 Å². The number of carbonyl (C=O) groups excluding carboxylic acids is 2. The summed E-state index contributed by atoms with van der Waals surface area (Å²) in [5.41, 5.74) is 1.85. The second-order valence-electron chi connectivity index (χ2n) is 7.87. The van der Waals surface area contributed by atoms with Gasteiger partial charge in [-0.1, -0.05) is 30.3 Å². The van der Waals surface area contributed by atoms with Crippen LogP contribution in [0.15, 0.2) is 72.9 Å². The Balaban J connectivity index is 1.50. The molecule has 1 aromatic heterocycles. The van der Waals surface area contributed by atoms with Gasteiger partial charge in [-0.2, -0.15) is 0 Å². The van der Waals surface area contributed by atoms with Gasteiger partial charge in [0.2, 0.25) is 5.91 Å². The third kappa shape index (κ3) is 6.17. The predicted molar refractivity (Wildman–Crippen MR) is 143 cm³/mol. The van der Waals surface area contributed by atoms with Crippen LogP contribution in [0.4, 0.5) is 10.1 Å². The molecule has 0 unspecified atom stereocenters. The predicted octanol–water partition coefficient (Wildman–Crippen LogP) is 4.59. The van der Waals surface area contributed by atoms with Crippen molar-refractivity contribution in [3.8, 4) is 17.2 Å². The Morgan fingerprint density at radius 3 is 2.49 bits per heavy atom. The molecule has 0 bridgehead atoms. The Bertz CT molecular complexity index is 1480. The fraction of sp³-hybridized carbons (Fsp3) is 0.111. The van der Waals surface area contributed by atoms with E-state index in [2.05, 4.69) is 20.9 Å². The van der Waals surface area contributed by atoms with Gasteiger partial charge in [0.25, 0.3) is 5.91 Å². The first-order valence-electron chi connectivity index (χ1n) is 11.2. The minimum absolute atomic E-state index is 0.0328. The van der Waals surface area contributed by atoms with E-state index in [1.54, 1.807) is 24.4 Å². The fourth-order valence-corrected chi connectivity index (χ4v) is 3.85. The molecule has 0 aliphatic rings. The average molecular weight is 519 g/mol. The number of aromatic nitrogens is 1. The molecule has 0 fully saturated rings. The zero-order valence-electron chi connectivity index (χ0n) is 20.0. The van der Waals surface area contributed by atoms with Gasteiger partial charge in [-0.05, 0) is 42.0 Å². The molecule has 1 heterocycles. The van der Waals surface area contributed by atoms with E-state index in [4.69, 9.17) is 21.7 Å². The summed E-state index contributed by atoms with van der Waals surface area (Å²) in [5.74, 6) is -0.876. The molecule has 3 aromatic carbocycles.